The molecule has 0 bridgehead atoms. The van der Waals surface area contributed by atoms with E-state index in [4.69, 9.17) is 0 Å². The minimum absolute atomic E-state index is 0.00355. The third-order valence-electron chi connectivity index (χ3n) is 3.14. The lowest BCUT2D eigenvalue weighted by atomic mass is 10.3. The lowest BCUT2D eigenvalue weighted by Crippen LogP contribution is -2.34. The van der Waals surface area contributed by atoms with Gasteiger partial charge in [0.05, 0.1) is 0 Å². The van der Waals surface area contributed by atoms with E-state index < -0.39 is 0 Å². The maximum atomic E-state index is 12.0. The molecule has 0 saturated carbocycles. The Morgan fingerprint density at radius 3 is 2.78 bits per heavy atom. The zero-order valence-corrected chi connectivity index (χ0v) is 10.5. The molecule has 1 aliphatic heterocycles. The van der Waals surface area contributed by atoms with Crippen LogP contribution in [0, 0.1) is 0 Å². The lowest BCUT2D eigenvalue weighted by Gasteiger charge is -2.20. The normalized spacial score (nSPS) is 16.3. The third kappa shape index (κ3) is 3.70. The van der Waals surface area contributed by atoms with E-state index in [1.54, 1.807) is 12.4 Å². The maximum absolute atomic E-state index is 12.0. The van der Waals surface area contributed by atoms with E-state index in [1.165, 1.54) is 12.1 Å². The summed E-state index contributed by atoms with van der Waals surface area (Å²) in [6, 6.07) is 3.03. The molecule has 1 N–H and O–H groups in total. The molecule has 0 aliphatic carbocycles. The number of aryl methyl sites for hydroxylation is 1. The summed E-state index contributed by atoms with van der Waals surface area (Å²) in [5.74, 6) is 0.192. The van der Waals surface area contributed by atoms with E-state index >= 15 is 0 Å². The first kappa shape index (κ1) is 12.8. The largest absolute Gasteiger partial charge is 0.353 e. The molecule has 1 fully saturated rings. The second-order valence-electron chi connectivity index (χ2n) is 4.51. The van der Waals surface area contributed by atoms with Crippen molar-refractivity contribution in [2.45, 2.75) is 19.4 Å². The van der Waals surface area contributed by atoms with Gasteiger partial charge in [0.15, 0.2) is 5.43 Å². The highest BCUT2D eigenvalue weighted by Crippen LogP contribution is 2.00. The van der Waals surface area contributed by atoms with Crippen molar-refractivity contribution in [1.82, 2.24) is 14.8 Å². The summed E-state index contributed by atoms with van der Waals surface area (Å²) in [6.45, 7) is 4.13. The molecule has 1 aliphatic rings. The zero-order valence-electron chi connectivity index (χ0n) is 10.5. The van der Waals surface area contributed by atoms with Crippen LogP contribution >= 0.6 is 0 Å². The molecule has 1 aromatic rings. The van der Waals surface area contributed by atoms with Gasteiger partial charge in [-0.3, -0.25) is 9.59 Å². The fourth-order valence-electron chi connectivity index (χ4n) is 2.07. The molecule has 0 radical (unpaired) electrons. The van der Waals surface area contributed by atoms with Crippen molar-refractivity contribution in [2.75, 3.05) is 26.2 Å². The van der Waals surface area contributed by atoms with Crippen LogP contribution < -0.4 is 10.7 Å². The van der Waals surface area contributed by atoms with E-state index in [-0.39, 0.29) is 11.3 Å². The molecule has 0 unspecified atom stereocenters. The van der Waals surface area contributed by atoms with Crippen LogP contribution in [0.5, 0.6) is 0 Å². The van der Waals surface area contributed by atoms with Crippen molar-refractivity contribution in [2.24, 2.45) is 0 Å². The number of amides is 1. The maximum Gasteiger partial charge on any atom is 0.224 e. The standard InChI is InChI=1S/C13H19N3O2/c17-12-2-8-15(9-3-12)10-4-13(18)16-7-1-5-14-6-11-16/h2-3,8-9,14H,1,4-7,10-11H2. The van der Waals surface area contributed by atoms with Crippen molar-refractivity contribution in [3.05, 3.63) is 34.7 Å². The molecule has 0 atom stereocenters. The van der Waals surface area contributed by atoms with Crippen LogP contribution in [0.25, 0.3) is 0 Å². The highest BCUT2D eigenvalue weighted by molar-refractivity contribution is 5.76. The Kier molecular flexibility index (Phi) is 4.52. The number of carbonyl (C=O) groups excluding carboxylic acids is 1. The van der Waals surface area contributed by atoms with Crippen molar-refractivity contribution >= 4 is 5.91 Å². The second-order valence-corrected chi connectivity index (χ2v) is 4.51. The summed E-state index contributed by atoms with van der Waals surface area (Å²) in [6.07, 6.45) is 4.95. The summed E-state index contributed by atoms with van der Waals surface area (Å²) in [5.41, 5.74) is -0.00355. The lowest BCUT2D eigenvalue weighted by molar-refractivity contribution is -0.131. The Bertz CT molecular complexity index is 427. The minimum Gasteiger partial charge on any atom is -0.353 e. The van der Waals surface area contributed by atoms with Crippen LogP contribution in [0.4, 0.5) is 0 Å². The van der Waals surface area contributed by atoms with E-state index in [9.17, 15) is 9.59 Å². The SMILES string of the molecule is O=C(CCn1ccc(=O)cc1)N1CCCNCC1. The molecule has 5 nitrogen and oxygen atoms in total. The summed E-state index contributed by atoms with van der Waals surface area (Å²) in [5, 5.41) is 3.28. The van der Waals surface area contributed by atoms with Crippen LogP contribution in [0.15, 0.2) is 29.3 Å². The van der Waals surface area contributed by atoms with Crippen LogP contribution in [0.2, 0.25) is 0 Å². The first-order valence-electron chi connectivity index (χ1n) is 6.40. The van der Waals surface area contributed by atoms with Crippen molar-refractivity contribution in [3.8, 4) is 0 Å². The number of nitrogens with zero attached hydrogens (tertiary/aromatic N) is 2. The first-order valence-corrected chi connectivity index (χ1v) is 6.40. The highest BCUT2D eigenvalue weighted by atomic mass is 16.2. The van der Waals surface area contributed by atoms with E-state index in [0.717, 1.165) is 32.6 Å². The van der Waals surface area contributed by atoms with Gasteiger partial charge in [-0.1, -0.05) is 0 Å². The Hall–Kier alpha value is -1.62. The van der Waals surface area contributed by atoms with Gasteiger partial charge >= 0.3 is 0 Å². The average molecular weight is 249 g/mol. The molecule has 1 amide bonds. The molecule has 1 saturated heterocycles. The number of rotatable bonds is 3. The smallest absolute Gasteiger partial charge is 0.224 e. The van der Waals surface area contributed by atoms with Crippen LogP contribution in [0.1, 0.15) is 12.8 Å². The molecular formula is C13H19N3O2. The molecule has 2 rings (SSSR count). The first-order chi connectivity index (χ1) is 8.75. The quantitative estimate of drug-likeness (QED) is 0.824. The number of hydrogen-bond donors (Lipinski definition) is 1. The van der Waals surface area contributed by atoms with Gasteiger partial charge in [-0.15, -0.1) is 0 Å². The van der Waals surface area contributed by atoms with E-state index in [2.05, 4.69) is 5.32 Å². The number of pyridine rings is 1. The third-order valence-corrected chi connectivity index (χ3v) is 3.14. The molecule has 18 heavy (non-hydrogen) atoms. The van der Waals surface area contributed by atoms with Gasteiger partial charge in [-0.25, -0.2) is 0 Å². The second kappa shape index (κ2) is 6.35. The highest BCUT2D eigenvalue weighted by Gasteiger charge is 2.14. The Morgan fingerprint density at radius 1 is 1.22 bits per heavy atom. The van der Waals surface area contributed by atoms with Crippen molar-refractivity contribution in [3.63, 3.8) is 0 Å². The van der Waals surface area contributed by atoms with Gasteiger partial charge in [-0.2, -0.15) is 0 Å². The number of nitrogens with one attached hydrogen (secondary N) is 1. The van der Waals surface area contributed by atoms with Gasteiger partial charge in [0.25, 0.3) is 0 Å². The molecule has 0 spiro atoms. The summed E-state index contributed by atoms with van der Waals surface area (Å²) < 4.78 is 1.87. The summed E-state index contributed by atoms with van der Waals surface area (Å²) in [7, 11) is 0. The number of aromatic nitrogens is 1. The van der Waals surface area contributed by atoms with Crippen LogP contribution in [-0.4, -0.2) is 41.6 Å². The van der Waals surface area contributed by atoms with Gasteiger partial charge in [0, 0.05) is 57.1 Å². The Morgan fingerprint density at radius 2 is 2.00 bits per heavy atom. The average Bonchev–Trinajstić information content (AvgIpc) is 2.66. The summed E-state index contributed by atoms with van der Waals surface area (Å²) >= 11 is 0. The van der Waals surface area contributed by atoms with Gasteiger partial charge < -0.3 is 14.8 Å². The van der Waals surface area contributed by atoms with Gasteiger partial charge in [0.1, 0.15) is 0 Å². The van der Waals surface area contributed by atoms with Crippen LogP contribution in [0.3, 0.4) is 0 Å². The molecule has 1 aromatic heterocycles. The molecule has 0 aromatic carbocycles. The molecule has 98 valence electrons. The number of hydrogen-bond acceptors (Lipinski definition) is 3. The Balaban J connectivity index is 1.83. The van der Waals surface area contributed by atoms with Gasteiger partial charge in [-0.05, 0) is 13.0 Å². The predicted molar refractivity (Wildman–Crippen MR) is 69.4 cm³/mol. The molecular weight excluding hydrogens is 230 g/mol. The minimum atomic E-state index is -0.00355. The fourth-order valence-corrected chi connectivity index (χ4v) is 2.07. The predicted octanol–water partition coefficient (Wildman–Crippen LogP) is 0.0603. The fraction of sp³-hybridized carbons (Fsp3) is 0.538. The molecule has 5 heteroatoms. The summed E-state index contributed by atoms with van der Waals surface area (Å²) in [4.78, 5) is 24.9. The monoisotopic (exact) mass is 249 g/mol. The van der Waals surface area contributed by atoms with Gasteiger partial charge in [0.2, 0.25) is 5.91 Å². The topological polar surface area (TPSA) is 54.3 Å². The Labute approximate surface area is 106 Å². The van der Waals surface area contributed by atoms with E-state index in [0.29, 0.717) is 13.0 Å². The number of carbonyl (C=O) groups is 1. The molecule has 2 heterocycles. The zero-order chi connectivity index (χ0) is 12.8. The van der Waals surface area contributed by atoms with E-state index in [1.807, 2.05) is 9.47 Å². The van der Waals surface area contributed by atoms with Crippen molar-refractivity contribution in [1.29, 1.82) is 0 Å². The van der Waals surface area contributed by atoms with Crippen LogP contribution in [-0.2, 0) is 11.3 Å². The van der Waals surface area contributed by atoms with Crippen molar-refractivity contribution < 1.29 is 4.79 Å².